The fourth-order valence-corrected chi connectivity index (χ4v) is 5.46. The third-order valence-electron chi connectivity index (χ3n) is 7.33. The first-order valence-electron chi connectivity index (χ1n) is 12.4. The summed E-state index contributed by atoms with van der Waals surface area (Å²) < 4.78 is 1.93. The Morgan fingerprint density at radius 3 is 2.59 bits per heavy atom. The molecule has 0 N–H and O–H groups in total. The molecule has 2 amide bonds. The van der Waals surface area contributed by atoms with Crippen LogP contribution in [0.4, 0.5) is 0 Å². The summed E-state index contributed by atoms with van der Waals surface area (Å²) in [6, 6.07) is 8.38. The summed E-state index contributed by atoms with van der Waals surface area (Å²) in [7, 11) is 0. The lowest BCUT2D eigenvalue weighted by molar-refractivity contribution is -0.137. The predicted molar refractivity (Wildman–Crippen MR) is 129 cm³/mol. The van der Waals surface area contributed by atoms with Crippen LogP contribution in [-0.4, -0.2) is 67.0 Å². The van der Waals surface area contributed by atoms with E-state index in [4.69, 9.17) is 0 Å². The number of hydrogen-bond donors (Lipinski definition) is 0. The molecule has 0 saturated carbocycles. The highest BCUT2D eigenvalue weighted by Crippen LogP contribution is 2.31. The van der Waals surface area contributed by atoms with Crippen molar-refractivity contribution in [1.29, 1.82) is 0 Å². The second kappa shape index (κ2) is 9.91. The van der Waals surface area contributed by atoms with E-state index in [0.717, 1.165) is 55.2 Å². The lowest BCUT2D eigenvalue weighted by atomic mass is 9.83. The molecule has 178 valence electrons. The molecule has 8 nitrogen and oxygen atoms in total. The van der Waals surface area contributed by atoms with Gasteiger partial charge in [-0.3, -0.25) is 19.3 Å². The van der Waals surface area contributed by atoms with Crippen LogP contribution in [0.3, 0.4) is 0 Å². The average Bonchev–Trinajstić information content (AvgIpc) is 3.30. The molecule has 2 aliphatic rings. The van der Waals surface area contributed by atoms with Gasteiger partial charge in [-0.15, -0.1) is 0 Å². The molecule has 5 rings (SSSR count). The van der Waals surface area contributed by atoms with Gasteiger partial charge in [0.15, 0.2) is 0 Å². The molecule has 3 aromatic rings. The van der Waals surface area contributed by atoms with Gasteiger partial charge < -0.3 is 9.80 Å². The molecule has 2 aromatic heterocycles. The first-order valence-corrected chi connectivity index (χ1v) is 12.4. The summed E-state index contributed by atoms with van der Waals surface area (Å²) in [4.78, 5) is 38.5. The van der Waals surface area contributed by atoms with E-state index < -0.39 is 0 Å². The lowest BCUT2D eigenvalue weighted by Gasteiger charge is -2.43. The minimum absolute atomic E-state index is 0.0472. The number of rotatable bonds is 5. The van der Waals surface area contributed by atoms with Gasteiger partial charge in [0.05, 0.1) is 30.1 Å². The number of aryl methyl sites for hydroxylation is 2. The number of likely N-dealkylation sites (tertiary alicyclic amines) is 2. The van der Waals surface area contributed by atoms with Crippen LogP contribution in [0.25, 0.3) is 10.9 Å². The summed E-state index contributed by atoms with van der Waals surface area (Å²) >= 11 is 0. The van der Waals surface area contributed by atoms with Crippen LogP contribution in [0, 0.1) is 12.8 Å². The fourth-order valence-electron chi connectivity index (χ4n) is 5.46. The van der Waals surface area contributed by atoms with Gasteiger partial charge in [-0.25, -0.2) is 4.98 Å². The molecule has 0 radical (unpaired) electrons. The lowest BCUT2D eigenvalue weighted by Crippen LogP contribution is -2.51. The van der Waals surface area contributed by atoms with Crippen LogP contribution >= 0.6 is 0 Å². The first-order chi connectivity index (χ1) is 16.6. The Bertz CT molecular complexity index is 1150. The van der Waals surface area contributed by atoms with Gasteiger partial charge in [0.2, 0.25) is 5.91 Å². The van der Waals surface area contributed by atoms with E-state index in [-0.39, 0.29) is 17.9 Å². The van der Waals surface area contributed by atoms with E-state index in [1.54, 1.807) is 12.4 Å². The van der Waals surface area contributed by atoms with E-state index >= 15 is 0 Å². The largest absolute Gasteiger partial charge is 0.339 e. The summed E-state index contributed by atoms with van der Waals surface area (Å²) in [5, 5.41) is 5.58. The number of carbonyl (C=O) groups is 2. The average molecular weight is 461 g/mol. The van der Waals surface area contributed by atoms with Gasteiger partial charge >= 0.3 is 0 Å². The van der Waals surface area contributed by atoms with Crippen molar-refractivity contribution in [3.8, 4) is 0 Å². The zero-order valence-corrected chi connectivity index (χ0v) is 19.8. The van der Waals surface area contributed by atoms with Crippen molar-refractivity contribution < 1.29 is 9.59 Å². The maximum absolute atomic E-state index is 13.3. The number of piperidine rings is 2. The SMILES string of the molecule is Cc1cnc(C(=O)N2CCC([C@@H]3CCCCN3C(=O)CCn3ncc4ccccc43)CC2)cn1. The third kappa shape index (κ3) is 4.67. The molecule has 1 atom stereocenters. The highest BCUT2D eigenvalue weighted by atomic mass is 16.2. The molecule has 0 unspecified atom stereocenters. The van der Waals surface area contributed by atoms with Crippen LogP contribution in [-0.2, 0) is 11.3 Å². The molecule has 8 heteroatoms. The highest BCUT2D eigenvalue weighted by molar-refractivity contribution is 5.92. The molecular formula is C26H32N6O2. The molecule has 2 fully saturated rings. The van der Waals surface area contributed by atoms with Crippen molar-refractivity contribution in [1.82, 2.24) is 29.5 Å². The molecule has 0 bridgehead atoms. The zero-order chi connectivity index (χ0) is 23.5. The highest BCUT2D eigenvalue weighted by Gasteiger charge is 2.35. The second-order valence-corrected chi connectivity index (χ2v) is 9.50. The Morgan fingerprint density at radius 1 is 0.971 bits per heavy atom. The molecule has 2 saturated heterocycles. The molecule has 4 heterocycles. The van der Waals surface area contributed by atoms with Crippen LogP contribution in [0.1, 0.15) is 54.7 Å². The fraction of sp³-hybridized carbons (Fsp3) is 0.500. The van der Waals surface area contributed by atoms with Crippen molar-refractivity contribution in [3.63, 3.8) is 0 Å². The first kappa shape index (κ1) is 22.5. The van der Waals surface area contributed by atoms with Gasteiger partial charge in [0.1, 0.15) is 5.69 Å². The van der Waals surface area contributed by atoms with Gasteiger partial charge in [-0.1, -0.05) is 18.2 Å². The summed E-state index contributed by atoms with van der Waals surface area (Å²) in [5.41, 5.74) is 2.28. The maximum atomic E-state index is 13.3. The molecular weight excluding hydrogens is 428 g/mol. The Hall–Kier alpha value is -3.29. The van der Waals surface area contributed by atoms with E-state index in [0.29, 0.717) is 37.7 Å². The normalized spacial score (nSPS) is 19.5. The quantitative estimate of drug-likeness (QED) is 0.582. The summed E-state index contributed by atoms with van der Waals surface area (Å²) in [5.74, 6) is 0.606. The number of hydrogen-bond acceptors (Lipinski definition) is 5. The Balaban J connectivity index is 1.19. The van der Waals surface area contributed by atoms with Crippen LogP contribution in [0.5, 0.6) is 0 Å². The predicted octanol–water partition coefficient (Wildman–Crippen LogP) is 3.46. The molecule has 2 aliphatic heterocycles. The topological polar surface area (TPSA) is 84.2 Å². The third-order valence-corrected chi connectivity index (χ3v) is 7.33. The van der Waals surface area contributed by atoms with Crippen molar-refractivity contribution in [2.75, 3.05) is 19.6 Å². The Labute approximate surface area is 200 Å². The van der Waals surface area contributed by atoms with Gasteiger partial charge in [-0.05, 0) is 51.0 Å². The van der Waals surface area contributed by atoms with E-state index in [2.05, 4.69) is 20.0 Å². The van der Waals surface area contributed by atoms with Gasteiger partial charge in [-0.2, -0.15) is 5.10 Å². The second-order valence-electron chi connectivity index (χ2n) is 9.50. The van der Waals surface area contributed by atoms with Crippen molar-refractivity contribution in [2.45, 2.75) is 58.0 Å². The Morgan fingerprint density at radius 2 is 1.79 bits per heavy atom. The summed E-state index contributed by atoms with van der Waals surface area (Å²) in [6.45, 7) is 4.70. The number of nitrogens with zero attached hydrogens (tertiary/aromatic N) is 6. The standard InChI is InChI=1S/C26H32N6O2/c1-19-16-28-22(18-27-19)26(34)30-13-9-20(10-14-30)23-7-4-5-12-31(23)25(33)11-15-32-24-8-3-2-6-21(24)17-29-32/h2-3,6,8,16-18,20,23H,4-5,7,9-15H2,1H3/t23-/m0/s1. The zero-order valence-electron chi connectivity index (χ0n) is 19.8. The number of benzene rings is 1. The number of amides is 2. The number of fused-ring (bicyclic) bond motifs is 1. The van der Waals surface area contributed by atoms with Crippen molar-refractivity contribution >= 4 is 22.7 Å². The van der Waals surface area contributed by atoms with Gasteiger partial charge in [0, 0.05) is 43.7 Å². The Kier molecular flexibility index (Phi) is 6.56. The van der Waals surface area contributed by atoms with Crippen LogP contribution < -0.4 is 0 Å². The number of para-hydroxylation sites is 1. The monoisotopic (exact) mass is 460 g/mol. The number of aromatic nitrogens is 4. The smallest absolute Gasteiger partial charge is 0.274 e. The van der Waals surface area contributed by atoms with E-state index in [1.807, 2.05) is 47.0 Å². The molecule has 0 spiro atoms. The molecule has 1 aromatic carbocycles. The van der Waals surface area contributed by atoms with Crippen LogP contribution in [0.15, 0.2) is 42.9 Å². The maximum Gasteiger partial charge on any atom is 0.274 e. The van der Waals surface area contributed by atoms with E-state index in [9.17, 15) is 9.59 Å². The molecule has 34 heavy (non-hydrogen) atoms. The summed E-state index contributed by atoms with van der Waals surface area (Å²) in [6.07, 6.45) is 10.6. The van der Waals surface area contributed by atoms with Gasteiger partial charge in [0.25, 0.3) is 5.91 Å². The van der Waals surface area contributed by atoms with Crippen molar-refractivity contribution in [2.24, 2.45) is 5.92 Å². The minimum Gasteiger partial charge on any atom is -0.339 e. The van der Waals surface area contributed by atoms with Crippen LogP contribution in [0.2, 0.25) is 0 Å². The number of carbonyl (C=O) groups excluding carboxylic acids is 2. The molecule has 0 aliphatic carbocycles. The van der Waals surface area contributed by atoms with Crippen molar-refractivity contribution in [3.05, 3.63) is 54.2 Å². The van der Waals surface area contributed by atoms with E-state index in [1.165, 1.54) is 0 Å². The minimum atomic E-state index is -0.0472.